The van der Waals surface area contributed by atoms with Crippen LogP contribution in [-0.4, -0.2) is 49.3 Å². The normalized spacial score (nSPS) is 19.4. The van der Waals surface area contributed by atoms with Gasteiger partial charge < -0.3 is 14.4 Å². The molecule has 3 rings (SSSR count). The summed E-state index contributed by atoms with van der Waals surface area (Å²) < 4.78 is 12.0. The van der Waals surface area contributed by atoms with Crippen molar-refractivity contribution in [1.82, 2.24) is 9.80 Å². The van der Waals surface area contributed by atoms with Gasteiger partial charge in [-0.1, -0.05) is 29.8 Å². The lowest BCUT2D eigenvalue weighted by Gasteiger charge is -2.35. The molecule has 116 valence electrons. The molecule has 2 heterocycles. The van der Waals surface area contributed by atoms with Gasteiger partial charge in [-0.2, -0.15) is 0 Å². The Kier molecular flexibility index (Phi) is 4.72. The Morgan fingerprint density at radius 2 is 1.67 bits per heavy atom. The van der Waals surface area contributed by atoms with Crippen molar-refractivity contribution in [2.45, 2.75) is 20.4 Å². The standard InChI is InChI=1S/C16H23BrN2O2/c1-12(2)9-18-3-5-19(6-4-18)10-13-7-15-16(8-14(13)17)21-11-20-15/h7-8,12H,3-6,9-11H2,1-2H3. The second kappa shape index (κ2) is 6.55. The first kappa shape index (κ1) is 15.1. The van der Waals surface area contributed by atoms with E-state index in [4.69, 9.17) is 9.47 Å². The van der Waals surface area contributed by atoms with Crippen LogP contribution in [0.3, 0.4) is 0 Å². The highest BCUT2D eigenvalue weighted by Gasteiger charge is 2.21. The van der Waals surface area contributed by atoms with E-state index in [9.17, 15) is 0 Å². The second-order valence-electron chi connectivity index (χ2n) is 6.27. The van der Waals surface area contributed by atoms with Crippen molar-refractivity contribution in [3.63, 3.8) is 0 Å². The molecule has 1 saturated heterocycles. The molecule has 1 aromatic carbocycles. The maximum absolute atomic E-state index is 5.47. The van der Waals surface area contributed by atoms with Crippen molar-refractivity contribution in [3.8, 4) is 11.5 Å². The lowest BCUT2D eigenvalue weighted by atomic mass is 10.1. The van der Waals surface area contributed by atoms with Gasteiger partial charge in [-0.3, -0.25) is 4.90 Å². The summed E-state index contributed by atoms with van der Waals surface area (Å²) in [6.07, 6.45) is 0. The van der Waals surface area contributed by atoms with Crippen LogP contribution in [0.15, 0.2) is 16.6 Å². The summed E-state index contributed by atoms with van der Waals surface area (Å²) in [5, 5.41) is 0. The second-order valence-corrected chi connectivity index (χ2v) is 7.12. The van der Waals surface area contributed by atoms with Gasteiger partial charge in [-0.25, -0.2) is 0 Å². The predicted molar refractivity (Wildman–Crippen MR) is 86.8 cm³/mol. The fourth-order valence-electron chi connectivity index (χ4n) is 2.97. The summed E-state index contributed by atoms with van der Waals surface area (Å²) in [6, 6.07) is 4.12. The number of hydrogen-bond acceptors (Lipinski definition) is 4. The molecule has 0 bridgehead atoms. The molecule has 21 heavy (non-hydrogen) atoms. The van der Waals surface area contributed by atoms with Crippen LogP contribution in [0.4, 0.5) is 0 Å². The van der Waals surface area contributed by atoms with E-state index < -0.39 is 0 Å². The van der Waals surface area contributed by atoms with Crippen LogP contribution < -0.4 is 9.47 Å². The summed E-state index contributed by atoms with van der Waals surface area (Å²) in [5.41, 5.74) is 1.27. The summed E-state index contributed by atoms with van der Waals surface area (Å²) in [4.78, 5) is 5.08. The highest BCUT2D eigenvalue weighted by atomic mass is 79.9. The summed E-state index contributed by atoms with van der Waals surface area (Å²) >= 11 is 3.65. The van der Waals surface area contributed by atoms with Crippen LogP contribution >= 0.6 is 15.9 Å². The van der Waals surface area contributed by atoms with Gasteiger partial charge in [0.2, 0.25) is 6.79 Å². The minimum Gasteiger partial charge on any atom is -0.454 e. The first-order valence-corrected chi connectivity index (χ1v) is 8.44. The van der Waals surface area contributed by atoms with Gasteiger partial charge in [0.25, 0.3) is 0 Å². The minimum absolute atomic E-state index is 0.332. The molecule has 0 radical (unpaired) electrons. The van der Waals surface area contributed by atoms with E-state index in [0.717, 1.165) is 41.5 Å². The van der Waals surface area contributed by atoms with Crippen LogP contribution in [0.25, 0.3) is 0 Å². The van der Waals surface area contributed by atoms with E-state index >= 15 is 0 Å². The maximum Gasteiger partial charge on any atom is 0.231 e. The summed E-state index contributed by atoms with van der Waals surface area (Å²) in [6.45, 7) is 11.7. The fraction of sp³-hybridized carbons (Fsp3) is 0.625. The molecule has 5 heteroatoms. The van der Waals surface area contributed by atoms with Crippen LogP contribution in [0.2, 0.25) is 0 Å². The molecule has 4 nitrogen and oxygen atoms in total. The Labute approximate surface area is 135 Å². The molecule has 0 spiro atoms. The van der Waals surface area contributed by atoms with Gasteiger partial charge in [0.15, 0.2) is 11.5 Å². The van der Waals surface area contributed by atoms with E-state index in [1.807, 2.05) is 6.07 Å². The van der Waals surface area contributed by atoms with Crippen molar-refractivity contribution in [3.05, 3.63) is 22.2 Å². The topological polar surface area (TPSA) is 24.9 Å². The highest BCUT2D eigenvalue weighted by Crippen LogP contribution is 2.37. The minimum atomic E-state index is 0.332. The van der Waals surface area contributed by atoms with Gasteiger partial charge >= 0.3 is 0 Å². The van der Waals surface area contributed by atoms with E-state index in [0.29, 0.717) is 6.79 Å². The molecular weight excluding hydrogens is 332 g/mol. The zero-order chi connectivity index (χ0) is 14.8. The molecule has 1 fully saturated rings. The zero-order valence-corrected chi connectivity index (χ0v) is 14.4. The number of halogens is 1. The Balaban J connectivity index is 1.58. The SMILES string of the molecule is CC(C)CN1CCN(Cc2cc3c(cc2Br)OCO3)CC1. The molecular formula is C16H23BrN2O2. The summed E-state index contributed by atoms with van der Waals surface area (Å²) in [5.74, 6) is 2.46. The smallest absolute Gasteiger partial charge is 0.231 e. The van der Waals surface area contributed by atoms with E-state index in [1.165, 1.54) is 25.2 Å². The monoisotopic (exact) mass is 354 g/mol. The van der Waals surface area contributed by atoms with Gasteiger partial charge in [-0.05, 0) is 23.6 Å². The van der Waals surface area contributed by atoms with Crippen LogP contribution in [-0.2, 0) is 6.54 Å². The number of piperazine rings is 1. The Bertz CT molecular complexity index is 499. The van der Waals surface area contributed by atoms with E-state index in [2.05, 4.69) is 45.6 Å². The average Bonchev–Trinajstić information content (AvgIpc) is 2.88. The van der Waals surface area contributed by atoms with Gasteiger partial charge in [0, 0.05) is 43.7 Å². The molecule has 0 amide bonds. The van der Waals surface area contributed by atoms with Crippen molar-refractivity contribution < 1.29 is 9.47 Å². The Morgan fingerprint density at radius 3 is 2.33 bits per heavy atom. The largest absolute Gasteiger partial charge is 0.454 e. The van der Waals surface area contributed by atoms with Crippen molar-refractivity contribution in [1.29, 1.82) is 0 Å². The Hall–Kier alpha value is -0.780. The predicted octanol–water partition coefficient (Wildman–Crippen LogP) is 2.95. The summed E-state index contributed by atoms with van der Waals surface area (Å²) in [7, 11) is 0. The number of nitrogens with zero attached hydrogens (tertiary/aromatic N) is 2. The van der Waals surface area contributed by atoms with Gasteiger partial charge in [0.1, 0.15) is 0 Å². The quantitative estimate of drug-likeness (QED) is 0.829. The zero-order valence-electron chi connectivity index (χ0n) is 12.8. The molecule has 0 aliphatic carbocycles. The van der Waals surface area contributed by atoms with Crippen LogP contribution in [0.1, 0.15) is 19.4 Å². The fourth-order valence-corrected chi connectivity index (χ4v) is 3.42. The third-order valence-electron chi connectivity index (χ3n) is 4.02. The molecule has 0 atom stereocenters. The molecule has 0 unspecified atom stereocenters. The van der Waals surface area contributed by atoms with E-state index in [-0.39, 0.29) is 0 Å². The molecule has 0 N–H and O–H groups in total. The molecule has 0 saturated carbocycles. The number of fused-ring (bicyclic) bond motifs is 1. The molecule has 2 aliphatic heterocycles. The van der Waals surface area contributed by atoms with Crippen molar-refractivity contribution >= 4 is 15.9 Å². The Morgan fingerprint density at radius 1 is 1.05 bits per heavy atom. The van der Waals surface area contributed by atoms with Gasteiger partial charge in [-0.15, -0.1) is 0 Å². The highest BCUT2D eigenvalue weighted by molar-refractivity contribution is 9.10. The first-order valence-electron chi connectivity index (χ1n) is 7.64. The average molecular weight is 355 g/mol. The van der Waals surface area contributed by atoms with Crippen LogP contribution in [0.5, 0.6) is 11.5 Å². The van der Waals surface area contributed by atoms with Crippen molar-refractivity contribution in [2.75, 3.05) is 39.5 Å². The van der Waals surface area contributed by atoms with E-state index in [1.54, 1.807) is 0 Å². The van der Waals surface area contributed by atoms with Gasteiger partial charge in [0.05, 0.1) is 0 Å². The first-order chi connectivity index (χ1) is 10.1. The molecule has 1 aromatic rings. The number of benzene rings is 1. The number of rotatable bonds is 4. The lowest BCUT2D eigenvalue weighted by Crippen LogP contribution is -2.46. The maximum atomic E-state index is 5.47. The molecule has 2 aliphatic rings. The number of ether oxygens (including phenoxy) is 2. The molecule has 0 aromatic heterocycles. The third-order valence-corrected chi connectivity index (χ3v) is 4.76. The lowest BCUT2D eigenvalue weighted by molar-refractivity contribution is 0.117. The third kappa shape index (κ3) is 3.71. The van der Waals surface area contributed by atoms with Crippen molar-refractivity contribution in [2.24, 2.45) is 5.92 Å². The number of hydrogen-bond donors (Lipinski definition) is 0. The van der Waals surface area contributed by atoms with Crippen LogP contribution in [0, 0.1) is 5.92 Å².